The summed E-state index contributed by atoms with van der Waals surface area (Å²) < 4.78 is 8.25. The van der Waals surface area contributed by atoms with E-state index < -0.39 is 0 Å². The zero-order valence-electron chi connectivity index (χ0n) is 13.0. The fourth-order valence-electron chi connectivity index (χ4n) is 3.25. The highest BCUT2D eigenvalue weighted by atomic mass is 32.2. The molecule has 0 aliphatic carbocycles. The molecule has 5 nitrogen and oxygen atoms in total. The molecule has 0 radical (unpaired) electrons. The molecule has 0 amide bonds. The van der Waals surface area contributed by atoms with Crippen molar-refractivity contribution in [2.24, 2.45) is 5.92 Å². The van der Waals surface area contributed by atoms with Crippen molar-refractivity contribution >= 4 is 11.8 Å². The Kier molecular flexibility index (Phi) is 4.86. The third-order valence-corrected chi connectivity index (χ3v) is 5.59. The standard InChI is InChI=1S/C15H26N4OS/c1-12(2)8-16-9-14-17-11-18-19(14)13-3-5-20-15(7-13)4-6-21-10-15/h11-13,16H,3-10H2,1-2H3. The van der Waals surface area contributed by atoms with E-state index in [1.165, 1.54) is 12.2 Å². The Hall–Kier alpha value is -0.590. The molecule has 3 heterocycles. The van der Waals surface area contributed by atoms with Gasteiger partial charge in [0.2, 0.25) is 0 Å². The predicted octanol–water partition coefficient (Wildman–Crippen LogP) is 2.25. The summed E-state index contributed by atoms with van der Waals surface area (Å²) >= 11 is 2.02. The summed E-state index contributed by atoms with van der Waals surface area (Å²) in [5, 5.41) is 7.96. The van der Waals surface area contributed by atoms with Crippen molar-refractivity contribution in [1.82, 2.24) is 20.1 Å². The largest absolute Gasteiger partial charge is 0.374 e. The van der Waals surface area contributed by atoms with Crippen molar-refractivity contribution in [1.29, 1.82) is 0 Å². The maximum absolute atomic E-state index is 6.11. The van der Waals surface area contributed by atoms with Gasteiger partial charge in [-0.25, -0.2) is 9.67 Å². The molecule has 1 aromatic rings. The van der Waals surface area contributed by atoms with Crippen LogP contribution in [0.25, 0.3) is 0 Å². The number of nitrogens with one attached hydrogen (secondary N) is 1. The van der Waals surface area contributed by atoms with E-state index in [1.807, 2.05) is 11.8 Å². The second-order valence-electron chi connectivity index (χ2n) is 6.63. The van der Waals surface area contributed by atoms with Crippen LogP contribution in [0.15, 0.2) is 6.33 Å². The van der Waals surface area contributed by atoms with E-state index in [0.29, 0.717) is 12.0 Å². The Morgan fingerprint density at radius 3 is 3.24 bits per heavy atom. The molecule has 2 saturated heterocycles. The molecule has 21 heavy (non-hydrogen) atoms. The fraction of sp³-hybridized carbons (Fsp3) is 0.867. The van der Waals surface area contributed by atoms with Gasteiger partial charge in [0.1, 0.15) is 12.2 Å². The van der Waals surface area contributed by atoms with Crippen LogP contribution >= 0.6 is 11.8 Å². The van der Waals surface area contributed by atoms with E-state index in [0.717, 1.165) is 44.1 Å². The first kappa shape index (κ1) is 15.3. The van der Waals surface area contributed by atoms with Crippen molar-refractivity contribution in [3.63, 3.8) is 0 Å². The van der Waals surface area contributed by atoms with Crippen LogP contribution in [0, 0.1) is 5.92 Å². The van der Waals surface area contributed by atoms with E-state index in [1.54, 1.807) is 6.33 Å². The maximum Gasteiger partial charge on any atom is 0.141 e. The van der Waals surface area contributed by atoms with Crippen LogP contribution in [0.4, 0.5) is 0 Å². The summed E-state index contributed by atoms with van der Waals surface area (Å²) in [6.07, 6.45) is 5.01. The minimum atomic E-state index is 0.0994. The van der Waals surface area contributed by atoms with Crippen LogP contribution in [0.1, 0.15) is 45.0 Å². The lowest BCUT2D eigenvalue weighted by atomic mass is 9.90. The Morgan fingerprint density at radius 1 is 1.57 bits per heavy atom. The van der Waals surface area contributed by atoms with Crippen LogP contribution in [0.2, 0.25) is 0 Å². The first-order valence-corrected chi connectivity index (χ1v) is 9.15. The third-order valence-electron chi connectivity index (χ3n) is 4.36. The van der Waals surface area contributed by atoms with E-state index in [2.05, 4.69) is 33.9 Å². The number of hydrogen-bond acceptors (Lipinski definition) is 5. The van der Waals surface area contributed by atoms with E-state index in [4.69, 9.17) is 4.74 Å². The van der Waals surface area contributed by atoms with Crippen molar-refractivity contribution in [3.05, 3.63) is 12.2 Å². The molecule has 118 valence electrons. The van der Waals surface area contributed by atoms with Gasteiger partial charge in [-0.2, -0.15) is 16.9 Å². The molecular weight excluding hydrogens is 284 g/mol. The molecule has 2 aliphatic rings. The van der Waals surface area contributed by atoms with Crippen molar-refractivity contribution in [2.45, 2.75) is 51.3 Å². The number of hydrogen-bond donors (Lipinski definition) is 1. The van der Waals surface area contributed by atoms with Crippen LogP contribution in [-0.4, -0.2) is 45.0 Å². The monoisotopic (exact) mass is 310 g/mol. The van der Waals surface area contributed by atoms with Gasteiger partial charge in [0, 0.05) is 12.4 Å². The lowest BCUT2D eigenvalue weighted by Gasteiger charge is -2.38. The minimum absolute atomic E-state index is 0.0994. The lowest BCUT2D eigenvalue weighted by Crippen LogP contribution is -2.41. The third kappa shape index (κ3) is 3.60. The predicted molar refractivity (Wildman–Crippen MR) is 85.5 cm³/mol. The Bertz CT molecular complexity index is 456. The molecule has 3 rings (SSSR count). The first-order chi connectivity index (χ1) is 10.2. The molecule has 1 N–H and O–H groups in total. The quantitative estimate of drug-likeness (QED) is 0.904. The highest BCUT2D eigenvalue weighted by Crippen LogP contribution is 2.41. The molecule has 2 unspecified atom stereocenters. The summed E-state index contributed by atoms with van der Waals surface area (Å²) in [6.45, 7) is 7.11. The molecule has 0 aromatic carbocycles. The van der Waals surface area contributed by atoms with Gasteiger partial charge in [-0.15, -0.1) is 0 Å². The van der Waals surface area contributed by atoms with Gasteiger partial charge in [-0.3, -0.25) is 0 Å². The van der Waals surface area contributed by atoms with Gasteiger partial charge >= 0.3 is 0 Å². The average molecular weight is 310 g/mol. The number of rotatable bonds is 5. The number of aromatic nitrogens is 3. The average Bonchev–Trinajstić information content (AvgIpc) is 3.08. The maximum atomic E-state index is 6.11. The smallest absolute Gasteiger partial charge is 0.141 e. The SMILES string of the molecule is CC(C)CNCc1ncnn1C1CCOC2(CCSC2)C1. The summed E-state index contributed by atoms with van der Waals surface area (Å²) in [6, 6.07) is 0.441. The second kappa shape index (κ2) is 6.67. The van der Waals surface area contributed by atoms with Crippen LogP contribution < -0.4 is 5.32 Å². The molecule has 2 atom stereocenters. The molecule has 0 saturated carbocycles. The second-order valence-corrected chi connectivity index (χ2v) is 7.73. The van der Waals surface area contributed by atoms with Gasteiger partial charge in [0.25, 0.3) is 0 Å². The highest BCUT2D eigenvalue weighted by Gasteiger charge is 2.41. The lowest BCUT2D eigenvalue weighted by molar-refractivity contribution is -0.0782. The normalized spacial score (nSPS) is 29.6. The van der Waals surface area contributed by atoms with Gasteiger partial charge in [0.05, 0.1) is 18.2 Å². The fourth-order valence-corrected chi connectivity index (χ4v) is 4.63. The molecule has 6 heteroatoms. The Labute approximate surface area is 131 Å². The van der Waals surface area contributed by atoms with E-state index in [9.17, 15) is 0 Å². The Balaban J connectivity index is 1.64. The van der Waals surface area contributed by atoms with Crippen molar-refractivity contribution < 1.29 is 4.74 Å². The first-order valence-electron chi connectivity index (χ1n) is 7.99. The van der Waals surface area contributed by atoms with Gasteiger partial charge in [0.15, 0.2) is 0 Å². The van der Waals surface area contributed by atoms with Gasteiger partial charge in [-0.1, -0.05) is 13.8 Å². The topological polar surface area (TPSA) is 52.0 Å². The highest BCUT2D eigenvalue weighted by molar-refractivity contribution is 7.99. The number of thioether (sulfide) groups is 1. The zero-order chi connectivity index (χ0) is 14.7. The van der Waals surface area contributed by atoms with Gasteiger partial charge in [-0.05, 0) is 37.5 Å². The summed E-state index contributed by atoms with van der Waals surface area (Å²) in [4.78, 5) is 4.45. The molecule has 0 bridgehead atoms. The van der Waals surface area contributed by atoms with E-state index >= 15 is 0 Å². The molecule has 2 aliphatic heterocycles. The van der Waals surface area contributed by atoms with Crippen molar-refractivity contribution in [3.8, 4) is 0 Å². The van der Waals surface area contributed by atoms with Crippen LogP contribution in [0.3, 0.4) is 0 Å². The molecule has 1 spiro atoms. The zero-order valence-corrected chi connectivity index (χ0v) is 13.9. The molecule has 1 aromatic heterocycles. The number of nitrogens with zero attached hydrogens (tertiary/aromatic N) is 3. The van der Waals surface area contributed by atoms with Crippen LogP contribution in [0.5, 0.6) is 0 Å². The molecular formula is C15H26N4OS. The van der Waals surface area contributed by atoms with Crippen LogP contribution in [-0.2, 0) is 11.3 Å². The summed E-state index contributed by atoms with van der Waals surface area (Å²) in [5.41, 5.74) is 0.0994. The minimum Gasteiger partial charge on any atom is -0.374 e. The van der Waals surface area contributed by atoms with Gasteiger partial charge < -0.3 is 10.1 Å². The number of ether oxygens (including phenoxy) is 1. The summed E-state index contributed by atoms with van der Waals surface area (Å²) in [7, 11) is 0. The molecule has 2 fully saturated rings. The van der Waals surface area contributed by atoms with E-state index in [-0.39, 0.29) is 5.60 Å². The summed E-state index contributed by atoms with van der Waals surface area (Å²) in [5.74, 6) is 4.08. The van der Waals surface area contributed by atoms with Crippen molar-refractivity contribution in [2.75, 3.05) is 24.7 Å². The Morgan fingerprint density at radius 2 is 2.48 bits per heavy atom.